The Morgan fingerprint density at radius 3 is 2.43 bits per heavy atom. The lowest BCUT2D eigenvalue weighted by molar-refractivity contribution is -0.115. The summed E-state index contributed by atoms with van der Waals surface area (Å²) >= 11 is 0. The van der Waals surface area contributed by atoms with Crippen LogP contribution in [-0.4, -0.2) is 33.1 Å². The van der Waals surface area contributed by atoms with Gasteiger partial charge in [0.2, 0.25) is 5.91 Å². The highest BCUT2D eigenvalue weighted by Gasteiger charge is 2.04. The van der Waals surface area contributed by atoms with E-state index < -0.39 is 0 Å². The molecule has 0 aliphatic rings. The molecule has 2 N–H and O–H groups in total. The van der Waals surface area contributed by atoms with E-state index in [9.17, 15) is 9.18 Å². The maximum atomic E-state index is 13.4. The smallest absolute Gasteiger partial charge is 0.238 e. The highest BCUT2D eigenvalue weighted by molar-refractivity contribution is 5.92. The van der Waals surface area contributed by atoms with Gasteiger partial charge in [-0.2, -0.15) is 0 Å². The summed E-state index contributed by atoms with van der Waals surface area (Å²) in [4.78, 5) is 13.8. The Balaban J connectivity index is 1.72. The van der Waals surface area contributed by atoms with Gasteiger partial charge in [-0.05, 0) is 48.9 Å². The van der Waals surface area contributed by atoms with Gasteiger partial charge in [0, 0.05) is 25.5 Å². The summed E-state index contributed by atoms with van der Waals surface area (Å²) in [6.45, 7) is 0.748. The first kappa shape index (κ1) is 17.0. The van der Waals surface area contributed by atoms with E-state index in [1.165, 1.54) is 6.07 Å². The van der Waals surface area contributed by atoms with Crippen LogP contribution in [0.2, 0.25) is 0 Å². The minimum atomic E-state index is -0.209. The number of rotatable bonds is 7. The summed E-state index contributed by atoms with van der Waals surface area (Å²) in [7, 11) is 3.93. The number of anilines is 2. The van der Waals surface area contributed by atoms with E-state index >= 15 is 0 Å². The van der Waals surface area contributed by atoms with Crippen LogP contribution in [0.15, 0.2) is 48.5 Å². The van der Waals surface area contributed by atoms with Crippen LogP contribution in [0.4, 0.5) is 15.8 Å². The highest BCUT2D eigenvalue weighted by atomic mass is 19.1. The zero-order chi connectivity index (χ0) is 16.7. The third kappa shape index (κ3) is 5.38. The number of benzene rings is 2. The molecule has 0 spiro atoms. The van der Waals surface area contributed by atoms with Gasteiger partial charge in [0.15, 0.2) is 0 Å². The molecule has 0 saturated heterocycles. The number of amides is 1. The van der Waals surface area contributed by atoms with E-state index in [0.29, 0.717) is 18.5 Å². The number of nitrogens with zero attached hydrogens (tertiary/aromatic N) is 1. The predicted octanol–water partition coefficient (Wildman–Crippen LogP) is 2.66. The molecule has 0 saturated carbocycles. The summed E-state index contributed by atoms with van der Waals surface area (Å²) in [6.07, 6.45) is 0.553. The van der Waals surface area contributed by atoms with Crippen LogP contribution in [0.5, 0.6) is 0 Å². The van der Waals surface area contributed by atoms with Gasteiger partial charge in [0.25, 0.3) is 0 Å². The maximum Gasteiger partial charge on any atom is 0.238 e. The summed E-state index contributed by atoms with van der Waals surface area (Å²) in [6, 6.07) is 14.3. The van der Waals surface area contributed by atoms with Crippen molar-refractivity contribution < 1.29 is 9.18 Å². The van der Waals surface area contributed by atoms with Crippen LogP contribution in [0.1, 0.15) is 5.56 Å². The number of hydrogen-bond donors (Lipinski definition) is 2. The molecule has 2 aromatic carbocycles. The second-order valence-electron chi connectivity index (χ2n) is 5.51. The molecule has 23 heavy (non-hydrogen) atoms. The van der Waals surface area contributed by atoms with Gasteiger partial charge in [0.05, 0.1) is 6.54 Å². The standard InChI is InChI=1S/C18H22FN3O/c1-22(2)16-9-7-15(8-10-16)21-18(23)13-20-12-11-14-5-3-4-6-17(14)19/h3-10,20H,11-13H2,1-2H3,(H,21,23). The Bertz CT molecular complexity index is 641. The molecule has 0 fully saturated rings. The second-order valence-corrected chi connectivity index (χ2v) is 5.51. The molecule has 0 aliphatic carbocycles. The third-order valence-electron chi connectivity index (χ3n) is 3.48. The normalized spacial score (nSPS) is 10.4. The second kappa shape index (κ2) is 8.29. The molecule has 0 aliphatic heterocycles. The molecule has 0 aromatic heterocycles. The van der Waals surface area contributed by atoms with Crippen LogP contribution in [-0.2, 0) is 11.2 Å². The Morgan fingerprint density at radius 1 is 1.09 bits per heavy atom. The lowest BCUT2D eigenvalue weighted by Crippen LogP contribution is -2.29. The molecule has 0 atom stereocenters. The molecule has 4 nitrogen and oxygen atoms in total. The quantitative estimate of drug-likeness (QED) is 0.772. The van der Waals surface area contributed by atoms with E-state index in [-0.39, 0.29) is 18.3 Å². The average Bonchev–Trinajstić information content (AvgIpc) is 2.53. The summed E-state index contributed by atoms with van der Waals surface area (Å²) in [5.41, 5.74) is 2.49. The van der Waals surface area contributed by atoms with Crippen LogP contribution in [0.3, 0.4) is 0 Å². The van der Waals surface area contributed by atoms with Crippen molar-refractivity contribution in [3.8, 4) is 0 Å². The molecule has 122 valence electrons. The number of nitrogens with one attached hydrogen (secondary N) is 2. The topological polar surface area (TPSA) is 44.4 Å². The van der Waals surface area contributed by atoms with Crippen molar-refractivity contribution in [1.29, 1.82) is 0 Å². The van der Waals surface area contributed by atoms with E-state index in [0.717, 1.165) is 11.4 Å². The Kier molecular flexibility index (Phi) is 6.11. The average molecular weight is 315 g/mol. The third-order valence-corrected chi connectivity index (χ3v) is 3.48. The minimum Gasteiger partial charge on any atom is -0.378 e. The van der Waals surface area contributed by atoms with Crippen molar-refractivity contribution in [2.45, 2.75) is 6.42 Å². The van der Waals surface area contributed by atoms with E-state index in [2.05, 4.69) is 10.6 Å². The number of carbonyl (C=O) groups is 1. The molecule has 0 bridgehead atoms. The first-order chi connectivity index (χ1) is 11.1. The van der Waals surface area contributed by atoms with E-state index in [4.69, 9.17) is 0 Å². The van der Waals surface area contributed by atoms with Gasteiger partial charge in [-0.25, -0.2) is 4.39 Å². The number of halogens is 1. The molecule has 5 heteroatoms. The van der Waals surface area contributed by atoms with E-state index in [1.54, 1.807) is 12.1 Å². The maximum absolute atomic E-state index is 13.4. The fourth-order valence-electron chi connectivity index (χ4n) is 2.17. The van der Waals surface area contributed by atoms with Gasteiger partial charge < -0.3 is 15.5 Å². The fourth-order valence-corrected chi connectivity index (χ4v) is 2.17. The molecule has 2 rings (SSSR count). The molecule has 0 heterocycles. The van der Waals surface area contributed by atoms with Crippen molar-refractivity contribution in [3.05, 3.63) is 59.9 Å². The van der Waals surface area contributed by atoms with Crippen LogP contribution in [0.25, 0.3) is 0 Å². The molecule has 0 radical (unpaired) electrons. The van der Waals surface area contributed by atoms with Crippen molar-refractivity contribution in [3.63, 3.8) is 0 Å². The molecule has 0 unspecified atom stereocenters. The Hall–Kier alpha value is -2.40. The first-order valence-corrected chi connectivity index (χ1v) is 7.57. The lowest BCUT2D eigenvalue weighted by Gasteiger charge is -2.13. The van der Waals surface area contributed by atoms with Crippen molar-refractivity contribution in [2.75, 3.05) is 37.4 Å². The zero-order valence-corrected chi connectivity index (χ0v) is 13.5. The summed E-state index contributed by atoms with van der Waals surface area (Å²) in [5, 5.41) is 5.85. The molecular weight excluding hydrogens is 293 g/mol. The SMILES string of the molecule is CN(C)c1ccc(NC(=O)CNCCc2ccccc2F)cc1. The van der Waals surface area contributed by atoms with E-state index in [1.807, 2.05) is 49.3 Å². The van der Waals surface area contributed by atoms with Gasteiger partial charge >= 0.3 is 0 Å². The highest BCUT2D eigenvalue weighted by Crippen LogP contribution is 2.15. The lowest BCUT2D eigenvalue weighted by atomic mass is 10.1. The van der Waals surface area contributed by atoms with Crippen LogP contribution < -0.4 is 15.5 Å². The number of carbonyl (C=O) groups excluding carboxylic acids is 1. The zero-order valence-electron chi connectivity index (χ0n) is 13.5. The van der Waals surface area contributed by atoms with Crippen LogP contribution in [0, 0.1) is 5.82 Å². The van der Waals surface area contributed by atoms with Crippen molar-refractivity contribution >= 4 is 17.3 Å². The molecular formula is C18H22FN3O. The van der Waals surface area contributed by atoms with Crippen molar-refractivity contribution in [1.82, 2.24) is 5.32 Å². The summed E-state index contributed by atoms with van der Waals surface area (Å²) < 4.78 is 13.4. The van der Waals surface area contributed by atoms with Crippen molar-refractivity contribution in [2.24, 2.45) is 0 Å². The van der Waals surface area contributed by atoms with Crippen LogP contribution >= 0.6 is 0 Å². The molecule has 1 amide bonds. The summed E-state index contributed by atoms with van der Waals surface area (Å²) in [5.74, 6) is -0.323. The number of hydrogen-bond acceptors (Lipinski definition) is 3. The largest absolute Gasteiger partial charge is 0.378 e. The monoisotopic (exact) mass is 315 g/mol. The minimum absolute atomic E-state index is 0.115. The van der Waals surface area contributed by atoms with Gasteiger partial charge in [0.1, 0.15) is 5.82 Å². The van der Waals surface area contributed by atoms with Gasteiger partial charge in [-0.3, -0.25) is 4.79 Å². The predicted molar refractivity (Wildman–Crippen MR) is 92.4 cm³/mol. The van der Waals surface area contributed by atoms with Gasteiger partial charge in [-0.1, -0.05) is 18.2 Å². The molecule has 2 aromatic rings. The fraction of sp³-hybridized carbons (Fsp3) is 0.278. The van der Waals surface area contributed by atoms with Gasteiger partial charge in [-0.15, -0.1) is 0 Å². The Labute approximate surface area is 136 Å². The first-order valence-electron chi connectivity index (χ1n) is 7.57. The Morgan fingerprint density at radius 2 is 1.78 bits per heavy atom.